The summed E-state index contributed by atoms with van der Waals surface area (Å²) in [6.07, 6.45) is -1.68. The molecule has 0 saturated heterocycles. The van der Waals surface area contributed by atoms with Gasteiger partial charge in [0.25, 0.3) is 0 Å². The van der Waals surface area contributed by atoms with E-state index in [4.69, 9.17) is 0 Å². The Morgan fingerprint density at radius 3 is 2.19 bits per heavy atom. The Balaban J connectivity index is 2.77. The fourth-order valence-corrected chi connectivity index (χ4v) is 1.40. The summed E-state index contributed by atoms with van der Waals surface area (Å²) in [7, 11) is 0. The molecule has 0 aromatic heterocycles. The monoisotopic (exact) mass is 224 g/mol. The molecule has 0 radical (unpaired) electrons. The first-order valence-electron chi connectivity index (χ1n) is 5.46. The highest BCUT2D eigenvalue weighted by atomic mass is 19.1. The fraction of sp³-hybridized carbons (Fsp3) is 0.462. The van der Waals surface area contributed by atoms with Crippen LogP contribution in [0.25, 0.3) is 0 Å². The second-order valence-corrected chi connectivity index (χ2v) is 3.94. The molecule has 0 aliphatic heterocycles. The third-order valence-corrected chi connectivity index (χ3v) is 2.39. The van der Waals surface area contributed by atoms with Crippen LogP contribution in [0.1, 0.15) is 44.0 Å². The van der Waals surface area contributed by atoms with Gasteiger partial charge in [-0.3, -0.25) is 0 Å². The van der Waals surface area contributed by atoms with Gasteiger partial charge in [-0.25, -0.2) is 9.18 Å². The lowest BCUT2D eigenvalue weighted by molar-refractivity contribution is -0.149. The van der Waals surface area contributed by atoms with Crippen molar-refractivity contribution < 1.29 is 13.9 Å². The average Bonchev–Trinajstić information content (AvgIpc) is 2.28. The van der Waals surface area contributed by atoms with Crippen molar-refractivity contribution in [2.45, 2.75) is 32.9 Å². The van der Waals surface area contributed by atoms with E-state index in [1.165, 1.54) is 0 Å². The fourth-order valence-electron chi connectivity index (χ4n) is 1.40. The summed E-state index contributed by atoms with van der Waals surface area (Å²) in [5, 5.41) is 0. The summed E-state index contributed by atoms with van der Waals surface area (Å²) in [5.74, 6) is -0.422. The molecule has 0 bridgehead atoms. The second-order valence-electron chi connectivity index (χ2n) is 3.94. The van der Waals surface area contributed by atoms with E-state index in [0.717, 1.165) is 5.56 Å². The van der Waals surface area contributed by atoms with Gasteiger partial charge in [0.2, 0.25) is 6.17 Å². The summed E-state index contributed by atoms with van der Waals surface area (Å²) in [5.41, 5.74) is 1.47. The minimum Gasteiger partial charge on any atom is -0.464 e. The molecular weight excluding hydrogens is 207 g/mol. The van der Waals surface area contributed by atoms with Gasteiger partial charge in [-0.1, -0.05) is 38.1 Å². The normalized spacial score (nSPS) is 12.6. The molecule has 0 saturated carbocycles. The van der Waals surface area contributed by atoms with E-state index in [1.54, 1.807) is 19.1 Å². The highest BCUT2D eigenvalue weighted by molar-refractivity contribution is 5.76. The Kier molecular flexibility index (Phi) is 4.47. The molecule has 3 heteroatoms. The predicted molar refractivity (Wildman–Crippen MR) is 61.0 cm³/mol. The molecule has 16 heavy (non-hydrogen) atoms. The van der Waals surface area contributed by atoms with Crippen LogP contribution in [0.5, 0.6) is 0 Å². The van der Waals surface area contributed by atoms with Crippen LogP contribution in [-0.2, 0) is 9.53 Å². The molecule has 0 N–H and O–H groups in total. The summed E-state index contributed by atoms with van der Waals surface area (Å²) in [6, 6.07) is 6.95. The number of rotatable bonds is 4. The molecule has 0 amide bonds. The van der Waals surface area contributed by atoms with E-state index in [0.29, 0.717) is 11.5 Å². The highest BCUT2D eigenvalue weighted by Crippen LogP contribution is 2.22. The largest absolute Gasteiger partial charge is 0.464 e. The second kappa shape index (κ2) is 5.64. The van der Waals surface area contributed by atoms with Gasteiger partial charge in [-0.2, -0.15) is 0 Å². The lowest BCUT2D eigenvalue weighted by Gasteiger charge is -2.10. The number of esters is 1. The van der Waals surface area contributed by atoms with Crippen LogP contribution in [0.3, 0.4) is 0 Å². The van der Waals surface area contributed by atoms with E-state index in [-0.39, 0.29) is 6.61 Å². The van der Waals surface area contributed by atoms with Crippen LogP contribution >= 0.6 is 0 Å². The van der Waals surface area contributed by atoms with Crippen molar-refractivity contribution in [2.75, 3.05) is 6.61 Å². The quantitative estimate of drug-likeness (QED) is 0.733. The van der Waals surface area contributed by atoms with Crippen LogP contribution in [-0.4, -0.2) is 12.6 Å². The number of ether oxygens (including phenoxy) is 1. The predicted octanol–water partition coefficient (Wildman–Crippen LogP) is 3.38. The topological polar surface area (TPSA) is 26.3 Å². The smallest absolute Gasteiger partial charge is 0.345 e. The Morgan fingerprint density at radius 1 is 1.25 bits per heavy atom. The van der Waals surface area contributed by atoms with Gasteiger partial charge in [0, 0.05) is 0 Å². The molecule has 0 fully saturated rings. The zero-order chi connectivity index (χ0) is 12.1. The van der Waals surface area contributed by atoms with Gasteiger partial charge >= 0.3 is 5.97 Å². The maximum atomic E-state index is 13.6. The SMILES string of the molecule is CCOC(=O)C(F)c1ccc(C(C)C)cc1. The van der Waals surface area contributed by atoms with Gasteiger partial charge in [0.05, 0.1) is 6.61 Å². The molecule has 1 rings (SSSR count). The molecule has 0 aliphatic carbocycles. The maximum absolute atomic E-state index is 13.6. The first kappa shape index (κ1) is 12.7. The average molecular weight is 224 g/mol. The molecule has 0 heterocycles. The number of hydrogen-bond acceptors (Lipinski definition) is 2. The molecule has 1 aromatic rings. The van der Waals surface area contributed by atoms with Crippen LogP contribution in [0, 0.1) is 0 Å². The van der Waals surface area contributed by atoms with Crippen molar-refractivity contribution in [3.63, 3.8) is 0 Å². The lowest BCUT2D eigenvalue weighted by atomic mass is 10.0. The van der Waals surface area contributed by atoms with Gasteiger partial charge < -0.3 is 4.74 Å². The number of carbonyl (C=O) groups is 1. The first-order chi connectivity index (χ1) is 7.56. The van der Waals surface area contributed by atoms with Crippen LogP contribution < -0.4 is 0 Å². The number of benzene rings is 1. The molecule has 88 valence electrons. The molecule has 1 unspecified atom stereocenters. The third-order valence-electron chi connectivity index (χ3n) is 2.39. The minimum absolute atomic E-state index is 0.198. The third kappa shape index (κ3) is 3.05. The van der Waals surface area contributed by atoms with Gasteiger partial charge in [0.1, 0.15) is 0 Å². The van der Waals surface area contributed by atoms with Gasteiger partial charge in [0.15, 0.2) is 0 Å². The van der Waals surface area contributed by atoms with Crippen molar-refractivity contribution in [1.82, 2.24) is 0 Å². The standard InChI is InChI=1S/C13H17FO2/c1-4-16-13(15)12(14)11-7-5-10(6-8-11)9(2)3/h5-9,12H,4H2,1-3H3. The summed E-state index contributed by atoms with van der Waals surface area (Å²) < 4.78 is 18.2. The zero-order valence-electron chi connectivity index (χ0n) is 9.87. The van der Waals surface area contributed by atoms with E-state index >= 15 is 0 Å². The Morgan fingerprint density at radius 2 is 1.75 bits per heavy atom. The number of carbonyl (C=O) groups excluding carboxylic acids is 1. The first-order valence-corrected chi connectivity index (χ1v) is 5.46. The summed E-state index contributed by atoms with van der Waals surface area (Å²) in [4.78, 5) is 11.2. The van der Waals surface area contributed by atoms with E-state index in [1.807, 2.05) is 12.1 Å². The zero-order valence-corrected chi connectivity index (χ0v) is 9.87. The van der Waals surface area contributed by atoms with E-state index < -0.39 is 12.1 Å². The lowest BCUT2D eigenvalue weighted by Crippen LogP contribution is -2.11. The number of hydrogen-bond donors (Lipinski definition) is 0. The minimum atomic E-state index is -1.68. The van der Waals surface area contributed by atoms with Crippen molar-refractivity contribution in [1.29, 1.82) is 0 Å². The summed E-state index contributed by atoms with van der Waals surface area (Å²) >= 11 is 0. The van der Waals surface area contributed by atoms with Crippen molar-refractivity contribution in [3.8, 4) is 0 Å². The molecule has 0 spiro atoms. The molecule has 1 aromatic carbocycles. The molecular formula is C13H17FO2. The van der Waals surface area contributed by atoms with Gasteiger partial charge in [-0.05, 0) is 24.0 Å². The van der Waals surface area contributed by atoms with Crippen LogP contribution in [0.15, 0.2) is 24.3 Å². The van der Waals surface area contributed by atoms with Crippen molar-refractivity contribution in [3.05, 3.63) is 35.4 Å². The molecule has 1 atom stereocenters. The van der Waals surface area contributed by atoms with Crippen LogP contribution in [0.2, 0.25) is 0 Å². The Hall–Kier alpha value is -1.38. The van der Waals surface area contributed by atoms with Gasteiger partial charge in [-0.15, -0.1) is 0 Å². The van der Waals surface area contributed by atoms with E-state index in [2.05, 4.69) is 18.6 Å². The molecule has 0 aliphatic rings. The number of halogens is 1. The molecule has 2 nitrogen and oxygen atoms in total. The van der Waals surface area contributed by atoms with Crippen LogP contribution in [0.4, 0.5) is 4.39 Å². The van der Waals surface area contributed by atoms with Crippen molar-refractivity contribution in [2.24, 2.45) is 0 Å². The Labute approximate surface area is 95.4 Å². The highest BCUT2D eigenvalue weighted by Gasteiger charge is 2.20. The summed E-state index contributed by atoms with van der Waals surface area (Å²) in [6.45, 7) is 5.98. The van der Waals surface area contributed by atoms with E-state index in [9.17, 15) is 9.18 Å². The van der Waals surface area contributed by atoms with Crippen molar-refractivity contribution >= 4 is 5.97 Å². The Bertz CT molecular complexity index is 343. The maximum Gasteiger partial charge on any atom is 0.345 e. The number of alkyl halides is 1.